The first-order valence-corrected chi connectivity index (χ1v) is 8.05. The minimum absolute atomic E-state index is 0. The Labute approximate surface area is 150 Å². The zero-order chi connectivity index (χ0) is 18.1. The largest absolute Gasteiger partial charge is 4.00 e. The molecule has 23 heavy (non-hydrogen) atoms. The van der Waals surface area contributed by atoms with Crippen molar-refractivity contribution in [1.82, 2.24) is 0 Å². The topological polar surface area (TPSA) is 197 Å². The maximum Gasteiger partial charge on any atom is 4.00 e. The van der Waals surface area contributed by atoms with E-state index in [2.05, 4.69) is 0 Å². The number of hydrogen-bond acceptors (Lipinski definition) is 12. The smallest absolute Gasteiger partial charge is 0.759 e. The Morgan fingerprint density at radius 2 is 0.783 bits per heavy atom. The Bertz CT molecular complexity index is 353. The zero-order valence-electron chi connectivity index (χ0n) is 12.5. The van der Waals surface area contributed by atoms with Crippen LogP contribution in [0.2, 0.25) is 0 Å². The maximum absolute atomic E-state index is 8.52. The fraction of sp³-hybridized carbons (Fsp3) is 1.00. The van der Waals surface area contributed by atoms with Crippen molar-refractivity contribution in [2.24, 2.45) is 0 Å². The molecule has 0 spiro atoms. The Morgan fingerprint density at radius 3 is 0.957 bits per heavy atom. The summed E-state index contributed by atoms with van der Waals surface area (Å²) in [6.45, 7) is 3.77. The van der Waals surface area contributed by atoms with E-state index in [1.807, 2.05) is 0 Å². The minimum Gasteiger partial charge on any atom is -0.759 e. The van der Waals surface area contributed by atoms with Crippen molar-refractivity contribution in [3.8, 4) is 0 Å². The molecular weight excluding hydrogens is 400 g/mol. The van der Waals surface area contributed by atoms with Crippen molar-refractivity contribution in [2.75, 3.05) is 53.9 Å². The first kappa shape index (κ1) is 31.1. The van der Waals surface area contributed by atoms with Gasteiger partial charge in [0.2, 0.25) is 0 Å². The van der Waals surface area contributed by atoms with Gasteiger partial charge in [-0.15, -0.1) is 0 Å². The van der Waals surface area contributed by atoms with Crippen molar-refractivity contribution < 1.29 is 75.7 Å². The molecule has 0 atom stereocenters. The molecule has 138 valence electrons. The minimum atomic E-state index is -5.17. The SMILES string of the molecule is COCCOCCOCCOC.O=S(=O)([O-])[O-].O=S(=O)([O-])[O-].[Ti+4]. The second kappa shape index (κ2) is 20.3. The van der Waals surface area contributed by atoms with Gasteiger partial charge in [-0.1, -0.05) is 0 Å². The van der Waals surface area contributed by atoms with Gasteiger partial charge in [-0.3, -0.25) is 16.8 Å². The molecule has 0 aromatic carbocycles. The van der Waals surface area contributed by atoms with Crippen LogP contribution in [0.1, 0.15) is 0 Å². The van der Waals surface area contributed by atoms with Crippen LogP contribution in [0.15, 0.2) is 0 Å². The van der Waals surface area contributed by atoms with Crippen LogP contribution in [0.3, 0.4) is 0 Å². The van der Waals surface area contributed by atoms with E-state index in [-0.39, 0.29) is 21.7 Å². The number of ether oxygens (including phenoxy) is 4. The van der Waals surface area contributed by atoms with Crippen LogP contribution < -0.4 is 0 Å². The van der Waals surface area contributed by atoms with Gasteiger partial charge in [0.25, 0.3) is 0 Å². The molecule has 0 saturated carbocycles. The van der Waals surface area contributed by atoms with Crippen molar-refractivity contribution in [3.05, 3.63) is 0 Å². The quantitative estimate of drug-likeness (QED) is 0.167. The molecule has 0 bridgehead atoms. The van der Waals surface area contributed by atoms with Crippen LogP contribution >= 0.6 is 0 Å². The molecule has 0 aliphatic rings. The van der Waals surface area contributed by atoms with Gasteiger partial charge in [-0.25, -0.2) is 0 Å². The van der Waals surface area contributed by atoms with Crippen molar-refractivity contribution in [1.29, 1.82) is 0 Å². The summed E-state index contributed by atoms with van der Waals surface area (Å²) in [7, 11) is -7.03. The summed E-state index contributed by atoms with van der Waals surface area (Å²) in [6.07, 6.45) is 0. The predicted octanol–water partition coefficient (Wildman–Crippen LogP) is -2.37. The molecule has 0 rings (SSSR count). The Morgan fingerprint density at radius 1 is 0.609 bits per heavy atom. The van der Waals surface area contributed by atoms with Crippen molar-refractivity contribution in [2.45, 2.75) is 0 Å². The summed E-state index contributed by atoms with van der Waals surface area (Å²) in [5, 5.41) is 0. The van der Waals surface area contributed by atoms with Crippen LogP contribution in [-0.4, -0.2) is 88.9 Å². The molecule has 0 fully saturated rings. The molecule has 0 aromatic rings. The van der Waals surface area contributed by atoms with Gasteiger partial charge in [0.15, 0.2) is 0 Å². The van der Waals surface area contributed by atoms with E-state index in [1.54, 1.807) is 14.2 Å². The second-order valence-electron chi connectivity index (χ2n) is 3.03. The summed E-state index contributed by atoms with van der Waals surface area (Å²) in [5.41, 5.74) is 0. The van der Waals surface area contributed by atoms with Crippen molar-refractivity contribution in [3.63, 3.8) is 0 Å². The number of hydrogen-bond donors (Lipinski definition) is 0. The summed E-state index contributed by atoms with van der Waals surface area (Å²) in [4.78, 5) is 0. The first-order valence-electron chi connectivity index (χ1n) is 5.38. The number of rotatable bonds is 9. The first-order chi connectivity index (χ1) is 9.91. The van der Waals surface area contributed by atoms with Crippen LogP contribution in [0.25, 0.3) is 0 Å². The zero-order valence-corrected chi connectivity index (χ0v) is 15.7. The average molecular weight is 418 g/mol. The molecule has 0 aliphatic carbocycles. The standard InChI is InChI=1S/C8H18O4.2H2O4S.Ti/c1-9-3-5-11-7-8-12-6-4-10-2;2*1-5(2,3)4;/h3-8H2,1-2H3;2*(H2,1,2,3,4);/q;;;+4/p-4. The third-order valence-corrected chi connectivity index (χ3v) is 1.24. The molecule has 0 heterocycles. The average Bonchev–Trinajstić information content (AvgIpc) is 2.28. The summed E-state index contributed by atoms with van der Waals surface area (Å²) in [5.74, 6) is 0. The third kappa shape index (κ3) is 106. The molecule has 0 aromatic heterocycles. The second-order valence-corrected chi connectivity index (χ2v) is 4.66. The molecule has 0 N–H and O–H groups in total. The van der Waals surface area contributed by atoms with Crippen LogP contribution in [0.5, 0.6) is 0 Å². The predicted molar refractivity (Wildman–Crippen MR) is 66.3 cm³/mol. The monoisotopic (exact) mass is 418 g/mol. The Hall–Kier alpha value is 0.294. The van der Waals surface area contributed by atoms with Crippen LogP contribution in [0, 0.1) is 0 Å². The Kier molecular flexibility index (Phi) is 27.5. The van der Waals surface area contributed by atoms with Gasteiger partial charge >= 0.3 is 21.7 Å². The van der Waals surface area contributed by atoms with E-state index in [1.165, 1.54) is 0 Å². The molecule has 0 aliphatic heterocycles. The van der Waals surface area contributed by atoms with Gasteiger partial charge in [-0.05, 0) is 0 Å². The van der Waals surface area contributed by atoms with E-state index in [4.69, 9.17) is 54.0 Å². The Balaban J connectivity index is -0.000000137. The van der Waals surface area contributed by atoms with E-state index in [0.29, 0.717) is 39.6 Å². The van der Waals surface area contributed by atoms with Gasteiger partial charge < -0.3 is 37.2 Å². The molecule has 0 amide bonds. The third-order valence-electron chi connectivity index (χ3n) is 1.24. The van der Waals surface area contributed by atoms with Gasteiger partial charge in [0.1, 0.15) is 0 Å². The van der Waals surface area contributed by atoms with Gasteiger partial charge in [0, 0.05) is 35.0 Å². The molecule has 0 saturated heterocycles. The number of methoxy groups -OCH3 is 2. The molecular formula is C8H18O12S2Ti. The van der Waals surface area contributed by atoms with Gasteiger partial charge in [-0.2, -0.15) is 0 Å². The fourth-order valence-electron chi connectivity index (χ4n) is 0.606. The van der Waals surface area contributed by atoms with Gasteiger partial charge in [0.05, 0.1) is 39.6 Å². The van der Waals surface area contributed by atoms with E-state index < -0.39 is 20.8 Å². The summed E-state index contributed by atoms with van der Waals surface area (Å²) >= 11 is 0. The van der Waals surface area contributed by atoms with E-state index >= 15 is 0 Å². The van der Waals surface area contributed by atoms with E-state index in [0.717, 1.165) is 0 Å². The molecule has 0 unspecified atom stereocenters. The molecule has 0 radical (unpaired) electrons. The van der Waals surface area contributed by atoms with Crippen LogP contribution in [-0.2, 0) is 61.5 Å². The summed E-state index contributed by atoms with van der Waals surface area (Å²) < 4.78 is 88.1. The molecule has 15 heteroatoms. The fourth-order valence-corrected chi connectivity index (χ4v) is 0.606. The normalized spacial score (nSPS) is 10.5. The maximum atomic E-state index is 8.52. The van der Waals surface area contributed by atoms with E-state index in [9.17, 15) is 0 Å². The molecule has 12 nitrogen and oxygen atoms in total. The van der Waals surface area contributed by atoms with Crippen molar-refractivity contribution >= 4 is 20.8 Å². The van der Waals surface area contributed by atoms with Crippen LogP contribution in [0.4, 0.5) is 0 Å². The summed E-state index contributed by atoms with van der Waals surface area (Å²) in [6, 6.07) is 0.